The normalized spacial score (nSPS) is 12.7. The van der Waals surface area contributed by atoms with Crippen molar-refractivity contribution in [2.24, 2.45) is 0 Å². The minimum Gasteiger partial charge on any atom is -0.327 e. The molecule has 32 heavy (non-hydrogen) atoms. The maximum atomic E-state index is 13.4. The summed E-state index contributed by atoms with van der Waals surface area (Å²) in [6.45, 7) is -0.275. The van der Waals surface area contributed by atoms with Crippen LogP contribution in [0.15, 0.2) is 47.5 Å². The topological polar surface area (TPSA) is 96.1 Å². The molecule has 0 aliphatic heterocycles. The minimum atomic E-state index is -4.74. The number of alkyl halides is 3. The average molecular weight is 487 g/mol. The van der Waals surface area contributed by atoms with Crippen molar-refractivity contribution in [1.29, 1.82) is 0 Å². The van der Waals surface area contributed by atoms with Gasteiger partial charge in [-0.1, -0.05) is 23.7 Å². The Labute approximate surface area is 184 Å². The van der Waals surface area contributed by atoms with E-state index in [2.05, 4.69) is 9.97 Å². The Balaban J connectivity index is 2.04. The second-order valence-electron chi connectivity index (χ2n) is 6.82. The summed E-state index contributed by atoms with van der Waals surface area (Å²) in [4.78, 5) is 21.1. The molecule has 0 spiro atoms. The van der Waals surface area contributed by atoms with Crippen molar-refractivity contribution in [3.63, 3.8) is 0 Å². The van der Waals surface area contributed by atoms with Crippen LogP contribution < -0.4 is 5.56 Å². The van der Waals surface area contributed by atoms with Crippen LogP contribution in [0.3, 0.4) is 0 Å². The van der Waals surface area contributed by atoms with Crippen LogP contribution in [0.5, 0.6) is 0 Å². The second-order valence-corrected chi connectivity index (χ2v) is 8.87. The average Bonchev–Trinajstić information content (AvgIpc) is 3.12. The highest BCUT2D eigenvalue weighted by Crippen LogP contribution is 2.32. The fraction of sp³-hybridized carbons (Fsp3) is 0.211. The molecule has 0 aliphatic carbocycles. The van der Waals surface area contributed by atoms with E-state index >= 15 is 0 Å². The van der Waals surface area contributed by atoms with Crippen molar-refractivity contribution in [2.75, 3.05) is 12.9 Å². The molecule has 0 saturated carbocycles. The van der Waals surface area contributed by atoms with Crippen LogP contribution in [0.25, 0.3) is 27.8 Å². The highest BCUT2D eigenvalue weighted by atomic mass is 35.5. The van der Waals surface area contributed by atoms with Crippen molar-refractivity contribution in [3.05, 3.63) is 63.8 Å². The number of hydrogen-bond acceptors (Lipinski definition) is 6. The van der Waals surface area contributed by atoms with Crippen LogP contribution in [0, 0.1) is 0 Å². The summed E-state index contributed by atoms with van der Waals surface area (Å²) in [6, 6.07) is 8.16. The monoisotopic (exact) mass is 486 g/mol. The first-order chi connectivity index (χ1) is 15.0. The van der Waals surface area contributed by atoms with E-state index in [1.807, 2.05) is 0 Å². The number of pyridine rings is 2. The van der Waals surface area contributed by atoms with Crippen LogP contribution in [0.1, 0.15) is 5.69 Å². The largest absolute Gasteiger partial charge is 0.433 e. The first-order valence-electron chi connectivity index (χ1n) is 9.04. The van der Waals surface area contributed by atoms with Crippen molar-refractivity contribution in [3.8, 4) is 5.69 Å². The Kier molecular flexibility index (Phi) is 5.47. The zero-order valence-corrected chi connectivity index (χ0v) is 17.9. The molecule has 3 aromatic heterocycles. The van der Waals surface area contributed by atoms with Gasteiger partial charge in [-0.05, 0) is 24.3 Å². The fourth-order valence-electron chi connectivity index (χ4n) is 3.30. The van der Waals surface area contributed by atoms with E-state index in [0.29, 0.717) is 0 Å². The predicted octanol–water partition coefficient (Wildman–Crippen LogP) is 3.38. The lowest BCUT2D eigenvalue weighted by molar-refractivity contribution is -0.141. The predicted molar refractivity (Wildman–Crippen MR) is 111 cm³/mol. The Morgan fingerprint density at radius 2 is 1.88 bits per heavy atom. The first-order valence-corrected chi connectivity index (χ1v) is 11.2. The molecule has 0 atom stereocenters. The summed E-state index contributed by atoms with van der Waals surface area (Å²) >= 11 is 6.22. The molecule has 0 bridgehead atoms. The number of nitrogens with zero attached hydrogens (tertiary/aromatic N) is 4. The number of halogens is 4. The SMILES string of the molecule is CS(=O)(=O)OCCn1cnc2c(=O)n(-c3ccccc3Cl)c3nc(C(F)(F)F)ccc3c21. The number of rotatable bonds is 5. The van der Waals surface area contributed by atoms with Gasteiger partial charge in [0, 0.05) is 11.9 Å². The molecule has 0 radical (unpaired) electrons. The molecule has 0 amide bonds. The molecule has 0 saturated heterocycles. The van der Waals surface area contributed by atoms with Crippen molar-refractivity contribution in [1.82, 2.24) is 19.1 Å². The quantitative estimate of drug-likeness (QED) is 0.401. The van der Waals surface area contributed by atoms with Gasteiger partial charge in [-0.2, -0.15) is 21.6 Å². The Hall–Kier alpha value is -2.96. The Morgan fingerprint density at radius 1 is 1.16 bits per heavy atom. The van der Waals surface area contributed by atoms with E-state index in [0.717, 1.165) is 16.9 Å². The second kappa shape index (κ2) is 7.87. The van der Waals surface area contributed by atoms with E-state index in [4.69, 9.17) is 15.8 Å². The maximum Gasteiger partial charge on any atom is 0.433 e. The number of aromatic nitrogens is 4. The number of para-hydroxylation sites is 1. The smallest absolute Gasteiger partial charge is 0.327 e. The molecule has 168 valence electrons. The van der Waals surface area contributed by atoms with Crippen LogP contribution in [-0.2, 0) is 27.0 Å². The van der Waals surface area contributed by atoms with E-state index < -0.39 is 27.5 Å². The van der Waals surface area contributed by atoms with Gasteiger partial charge in [0.05, 0.1) is 35.4 Å². The van der Waals surface area contributed by atoms with Gasteiger partial charge >= 0.3 is 6.18 Å². The van der Waals surface area contributed by atoms with Gasteiger partial charge in [0.2, 0.25) is 0 Å². The highest BCUT2D eigenvalue weighted by molar-refractivity contribution is 7.85. The third-order valence-corrected chi connectivity index (χ3v) is 5.51. The lowest BCUT2D eigenvalue weighted by atomic mass is 10.2. The molecule has 0 aliphatic rings. The highest BCUT2D eigenvalue weighted by Gasteiger charge is 2.33. The molecule has 3 heterocycles. The van der Waals surface area contributed by atoms with Gasteiger partial charge < -0.3 is 4.57 Å². The number of imidazole rings is 1. The summed E-state index contributed by atoms with van der Waals surface area (Å²) in [6.07, 6.45) is -2.57. The van der Waals surface area contributed by atoms with Crippen LogP contribution in [0.4, 0.5) is 13.2 Å². The van der Waals surface area contributed by atoms with E-state index in [9.17, 15) is 26.4 Å². The maximum absolute atomic E-state index is 13.4. The fourth-order valence-corrected chi connectivity index (χ4v) is 3.90. The molecule has 8 nitrogen and oxygen atoms in total. The third kappa shape index (κ3) is 4.08. The summed E-state index contributed by atoms with van der Waals surface area (Å²) in [5.41, 5.74) is -1.87. The number of benzene rings is 1. The number of hydrogen-bond donors (Lipinski definition) is 0. The molecule has 0 fully saturated rings. The molecule has 4 rings (SSSR count). The summed E-state index contributed by atoms with van der Waals surface area (Å²) in [5, 5.41) is 0.333. The van der Waals surface area contributed by atoms with Gasteiger partial charge in [-0.3, -0.25) is 13.5 Å². The van der Waals surface area contributed by atoms with Crippen molar-refractivity contribution in [2.45, 2.75) is 12.7 Å². The van der Waals surface area contributed by atoms with Crippen molar-refractivity contribution < 1.29 is 25.8 Å². The van der Waals surface area contributed by atoms with Gasteiger partial charge in [-0.25, -0.2) is 9.97 Å². The summed E-state index contributed by atoms with van der Waals surface area (Å²) < 4.78 is 69.7. The third-order valence-electron chi connectivity index (χ3n) is 4.60. The number of fused-ring (bicyclic) bond motifs is 3. The van der Waals surface area contributed by atoms with Gasteiger partial charge in [0.25, 0.3) is 15.7 Å². The lowest BCUT2D eigenvalue weighted by Crippen LogP contribution is -2.22. The van der Waals surface area contributed by atoms with Crippen LogP contribution >= 0.6 is 11.6 Å². The van der Waals surface area contributed by atoms with Crippen molar-refractivity contribution >= 4 is 43.8 Å². The standard InChI is InChI=1S/C19H14ClF3N4O4S/c1-32(29,30)31-9-8-26-10-24-15-16(26)11-6-7-14(19(21,22)23)25-17(11)27(18(15)28)13-5-3-2-4-12(13)20/h2-7,10H,8-9H2,1H3. The Morgan fingerprint density at radius 3 is 2.53 bits per heavy atom. The van der Waals surface area contributed by atoms with E-state index in [1.165, 1.54) is 29.1 Å². The Bertz CT molecular complexity index is 1510. The van der Waals surface area contributed by atoms with Crippen LogP contribution in [0.2, 0.25) is 5.02 Å². The molecule has 0 N–H and O–H groups in total. The van der Waals surface area contributed by atoms with Crippen LogP contribution in [-0.4, -0.2) is 40.4 Å². The van der Waals surface area contributed by atoms with Gasteiger partial charge in [0.1, 0.15) is 11.3 Å². The zero-order chi connectivity index (χ0) is 23.3. The molecule has 4 aromatic rings. The molecule has 1 aromatic carbocycles. The van der Waals surface area contributed by atoms with E-state index in [1.54, 1.807) is 12.1 Å². The summed E-state index contributed by atoms with van der Waals surface area (Å²) in [5.74, 6) is 0. The molecule has 0 unspecified atom stereocenters. The summed E-state index contributed by atoms with van der Waals surface area (Å²) in [7, 11) is -3.70. The van der Waals surface area contributed by atoms with E-state index in [-0.39, 0.29) is 45.9 Å². The molecular formula is C19H14ClF3N4O4S. The van der Waals surface area contributed by atoms with Gasteiger partial charge in [0.15, 0.2) is 5.52 Å². The zero-order valence-electron chi connectivity index (χ0n) is 16.3. The molecular weight excluding hydrogens is 473 g/mol. The molecule has 13 heteroatoms. The first kappa shape index (κ1) is 22.2. The minimum absolute atomic E-state index is 0.0186. The van der Waals surface area contributed by atoms with Gasteiger partial charge in [-0.15, -0.1) is 0 Å². The lowest BCUT2D eigenvalue weighted by Gasteiger charge is -2.15.